The standard InChI is InChI=1S/C22H22N2O4/c1-15(17-9-10-18-20(14-17)28-13-12-27-18)23-22(25)24-21(19-8-5-11-26-19)16-6-3-2-4-7-16/h2-11,14-15,21H,12-13H2,1H3,(H2,23,24,25). The molecule has 0 saturated heterocycles. The summed E-state index contributed by atoms with van der Waals surface area (Å²) in [5, 5.41) is 5.98. The monoisotopic (exact) mass is 378 g/mol. The fraction of sp³-hybridized carbons (Fsp3) is 0.227. The molecule has 0 saturated carbocycles. The molecule has 0 fully saturated rings. The molecule has 28 heavy (non-hydrogen) atoms. The second-order valence-electron chi connectivity index (χ2n) is 6.60. The van der Waals surface area contributed by atoms with Gasteiger partial charge in [-0.25, -0.2) is 4.79 Å². The molecule has 2 heterocycles. The number of urea groups is 1. The molecule has 0 radical (unpaired) electrons. The first-order valence-corrected chi connectivity index (χ1v) is 9.25. The van der Waals surface area contributed by atoms with Crippen LogP contribution in [0.25, 0.3) is 0 Å². The van der Waals surface area contributed by atoms with E-state index < -0.39 is 0 Å². The summed E-state index contributed by atoms with van der Waals surface area (Å²) in [6.45, 7) is 3.01. The molecule has 3 aromatic rings. The van der Waals surface area contributed by atoms with E-state index in [2.05, 4.69) is 10.6 Å². The zero-order valence-corrected chi connectivity index (χ0v) is 15.6. The van der Waals surface area contributed by atoms with E-state index in [-0.39, 0.29) is 18.1 Å². The van der Waals surface area contributed by atoms with Crippen molar-refractivity contribution in [2.45, 2.75) is 19.0 Å². The average molecular weight is 378 g/mol. The van der Waals surface area contributed by atoms with Crippen molar-refractivity contribution in [3.63, 3.8) is 0 Å². The maximum absolute atomic E-state index is 12.7. The number of amides is 2. The molecule has 0 spiro atoms. The molecule has 4 rings (SSSR count). The van der Waals surface area contributed by atoms with Crippen LogP contribution in [0.15, 0.2) is 71.3 Å². The van der Waals surface area contributed by atoms with Gasteiger partial charge in [0.1, 0.15) is 25.0 Å². The van der Waals surface area contributed by atoms with Crippen molar-refractivity contribution >= 4 is 6.03 Å². The zero-order chi connectivity index (χ0) is 19.3. The number of ether oxygens (including phenoxy) is 2. The lowest BCUT2D eigenvalue weighted by atomic mass is 10.0. The Morgan fingerprint density at radius 3 is 2.43 bits per heavy atom. The third kappa shape index (κ3) is 3.96. The Labute approximate surface area is 163 Å². The van der Waals surface area contributed by atoms with Gasteiger partial charge < -0.3 is 24.5 Å². The van der Waals surface area contributed by atoms with Gasteiger partial charge in [-0.2, -0.15) is 0 Å². The highest BCUT2D eigenvalue weighted by Crippen LogP contribution is 2.32. The molecule has 1 aliphatic heterocycles. The number of furan rings is 1. The summed E-state index contributed by atoms with van der Waals surface area (Å²) in [5.74, 6) is 2.11. The molecule has 0 bridgehead atoms. The number of hydrogen-bond acceptors (Lipinski definition) is 4. The van der Waals surface area contributed by atoms with Gasteiger partial charge in [0.25, 0.3) is 0 Å². The maximum atomic E-state index is 12.7. The van der Waals surface area contributed by atoms with Crippen molar-refractivity contribution in [3.05, 3.63) is 83.8 Å². The molecular weight excluding hydrogens is 356 g/mol. The molecule has 1 aromatic heterocycles. The number of nitrogens with one attached hydrogen (secondary N) is 2. The van der Waals surface area contributed by atoms with Crippen LogP contribution in [-0.2, 0) is 0 Å². The first-order chi connectivity index (χ1) is 13.7. The van der Waals surface area contributed by atoms with Gasteiger partial charge in [-0.3, -0.25) is 0 Å². The van der Waals surface area contributed by atoms with Crippen LogP contribution in [0.1, 0.15) is 35.9 Å². The highest BCUT2D eigenvalue weighted by atomic mass is 16.6. The lowest BCUT2D eigenvalue weighted by Crippen LogP contribution is -2.39. The van der Waals surface area contributed by atoms with Gasteiger partial charge in [-0.1, -0.05) is 36.4 Å². The predicted octanol–water partition coefficient (Wildman–Crippen LogP) is 4.20. The van der Waals surface area contributed by atoms with E-state index in [9.17, 15) is 4.79 Å². The van der Waals surface area contributed by atoms with Crippen molar-refractivity contribution in [2.24, 2.45) is 0 Å². The number of rotatable bonds is 5. The van der Waals surface area contributed by atoms with Gasteiger partial charge in [0.2, 0.25) is 0 Å². The van der Waals surface area contributed by atoms with E-state index >= 15 is 0 Å². The number of hydrogen-bond donors (Lipinski definition) is 2. The maximum Gasteiger partial charge on any atom is 0.316 e. The van der Waals surface area contributed by atoms with Crippen LogP contribution in [0.5, 0.6) is 11.5 Å². The quantitative estimate of drug-likeness (QED) is 0.698. The number of benzene rings is 2. The molecule has 2 aromatic carbocycles. The van der Waals surface area contributed by atoms with Gasteiger partial charge >= 0.3 is 6.03 Å². The van der Waals surface area contributed by atoms with Crippen molar-refractivity contribution in [1.29, 1.82) is 0 Å². The van der Waals surface area contributed by atoms with Gasteiger partial charge in [-0.05, 0) is 42.3 Å². The van der Waals surface area contributed by atoms with Crippen molar-refractivity contribution in [2.75, 3.05) is 13.2 Å². The Kier molecular flexibility index (Phi) is 5.19. The lowest BCUT2D eigenvalue weighted by Gasteiger charge is -2.22. The lowest BCUT2D eigenvalue weighted by molar-refractivity contribution is 0.171. The summed E-state index contributed by atoms with van der Waals surface area (Å²) in [5.41, 5.74) is 1.88. The molecule has 2 atom stereocenters. The molecule has 6 heteroatoms. The van der Waals surface area contributed by atoms with E-state index in [4.69, 9.17) is 13.9 Å². The van der Waals surface area contributed by atoms with Crippen LogP contribution in [0.2, 0.25) is 0 Å². The fourth-order valence-electron chi connectivity index (χ4n) is 3.20. The van der Waals surface area contributed by atoms with Crippen LogP contribution in [-0.4, -0.2) is 19.2 Å². The van der Waals surface area contributed by atoms with Crippen LogP contribution in [0, 0.1) is 0 Å². The number of carbonyl (C=O) groups is 1. The summed E-state index contributed by atoms with van der Waals surface area (Å²) in [7, 11) is 0. The van der Waals surface area contributed by atoms with Gasteiger partial charge in [0, 0.05) is 0 Å². The molecule has 2 N–H and O–H groups in total. The highest BCUT2D eigenvalue weighted by Gasteiger charge is 2.21. The zero-order valence-electron chi connectivity index (χ0n) is 15.6. The predicted molar refractivity (Wildman–Crippen MR) is 105 cm³/mol. The van der Waals surface area contributed by atoms with E-state index in [0.29, 0.717) is 24.7 Å². The van der Waals surface area contributed by atoms with E-state index in [1.807, 2.05) is 67.6 Å². The Balaban J connectivity index is 1.46. The molecule has 2 amide bonds. The topological polar surface area (TPSA) is 72.7 Å². The number of fused-ring (bicyclic) bond motifs is 1. The second kappa shape index (κ2) is 8.08. The van der Waals surface area contributed by atoms with E-state index in [0.717, 1.165) is 16.9 Å². The summed E-state index contributed by atoms with van der Waals surface area (Å²) in [4.78, 5) is 12.7. The highest BCUT2D eigenvalue weighted by molar-refractivity contribution is 5.75. The van der Waals surface area contributed by atoms with Gasteiger partial charge in [-0.15, -0.1) is 0 Å². The minimum absolute atomic E-state index is 0.205. The smallest absolute Gasteiger partial charge is 0.316 e. The Hall–Kier alpha value is -3.41. The molecule has 6 nitrogen and oxygen atoms in total. The summed E-state index contributed by atoms with van der Waals surface area (Å²) in [6, 6.07) is 18.2. The minimum Gasteiger partial charge on any atom is -0.486 e. The van der Waals surface area contributed by atoms with Crippen molar-refractivity contribution in [3.8, 4) is 11.5 Å². The van der Waals surface area contributed by atoms with Crippen LogP contribution in [0.4, 0.5) is 4.79 Å². The Morgan fingerprint density at radius 2 is 1.68 bits per heavy atom. The minimum atomic E-state index is -0.372. The summed E-state index contributed by atoms with van der Waals surface area (Å²) >= 11 is 0. The molecule has 2 unspecified atom stereocenters. The third-order valence-electron chi connectivity index (χ3n) is 4.65. The average Bonchev–Trinajstić information content (AvgIpc) is 3.27. The van der Waals surface area contributed by atoms with Crippen LogP contribution < -0.4 is 20.1 Å². The second-order valence-corrected chi connectivity index (χ2v) is 6.60. The van der Waals surface area contributed by atoms with Crippen LogP contribution in [0.3, 0.4) is 0 Å². The molecular formula is C22H22N2O4. The Morgan fingerprint density at radius 1 is 0.893 bits per heavy atom. The third-order valence-corrected chi connectivity index (χ3v) is 4.65. The first-order valence-electron chi connectivity index (χ1n) is 9.25. The summed E-state index contributed by atoms with van der Waals surface area (Å²) < 4.78 is 16.7. The van der Waals surface area contributed by atoms with Gasteiger partial charge in [0.05, 0.1) is 12.3 Å². The van der Waals surface area contributed by atoms with E-state index in [1.165, 1.54) is 0 Å². The molecule has 144 valence electrons. The number of carbonyl (C=O) groups excluding carboxylic acids is 1. The first kappa shape index (κ1) is 18.0. The SMILES string of the molecule is CC(NC(=O)NC(c1ccccc1)c1ccco1)c1ccc2c(c1)OCCO2. The van der Waals surface area contributed by atoms with Gasteiger partial charge in [0.15, 0.2) is 11.5 Å². The van der Waals surface area contributed by atoms with E-state index in [1.54, 1.807) is 6.26 Å². The molecule has 0 aliphatic carbocycles. The largest absolute Gasteiger partial charge is 0.486 e. The normalized spacial score (nSPS) is 14.8. The van der Waals surface area contributed by atoms with Crippen molar-refractivity contribution in [1.82, 2.24) is 10.6 Å². The Bertz CT molecular complexity index is 925. The fourth-order valence-corrected chi connectivity index (χ4v) is 3.20. The summed E-state index contributed by atoms with van der Waals surface area (Å²) in [6.07, 6.45) is 1.60. The van der Waals surface area contributed by atoms with Crippen LogP contribution >= 0.6 is 0 Å². The molecule has 1 aliphatic rings. The van der Waals surface area contributed by atoms with Crippen molar-refractivity contribution < 1.29 is 18.7 Å².